The number of benzene rings is 1. The summed E-state index contributed by atoms with van der Waals surface area (Å²) in [4.78, 5) is 26.0. The third kappa shape index (κ3) is 5.77. The molecule has 0 aromatic heterocycles. The minimum atomic E-state index is -4.51. The zero-order chi connectivity index (χ0) is 22.3. The molecule has 1 N–H and O–H groups in total. The average molecular weight is 417 g/mol. The van der Waals surface area contributed by atoms with Crippen molar-refractivity contribution in [3.05, 3.63) is 29.8 Å². The van der Waals surface area contributed by atoms with Crippen LogP contribution in [0.15, 0.2) is 24.3 Å². The minimum absolute atomic E-state index is 0.0257. The SMILES string of the molecule is CC1(C)CN(C(=O)OC(C)(C)C)CC(Oc2ccc(C(F)(F)F)cc2)(C(=O)O)C1. The number of rotatable bonds is 3. The fourth-order valence-electron chi connectivity index (χ4n) is 3.41. The molecule has 29 heavy (non-hydrogen) atoms. The van der Waals surface area contributed by atoms with Gasteiger partial charge in [0.25, 0.3) is 0 Å². The van der Waals surface area contributed by atoms with Crippen molar-refractivity contribution < 1.29 is 37.3 Å². The maximum absolute atomic E-state index is 12.8. The summed E-state index contributed by atoms with van der Waals surface area (Å²) in [5.41, 5.74) is -4.08. The molecule has 1 heterocycles. The summed E-state index contributed by atoms with van der Waals surface area (Å²) in [5, 5.41) is 9.91. The molecule has 1 atom stereocenters. The number of amides is 1. The molecule has 0 aliphatic carbocycles. The van der Waals surface area contributed by atoms with Crippen LogP contribution in [0.1, 0.15) is 46.6 Å². The molecule has 1 unspecified atom stereocenters. The zero-order valence-corrected chi connectivity index (χ0v) is 17.1. The molecule has 1 aromatic carbocycles. The highest BCUT2D eigenvalue weighted by molar-refractivity contribution is 5.80. The third-order valence-corrected chi connectivity index (χ3v) is 4.37. The first-order chi connectivity index (χ1) is 13.0. The highest BCUT2D eigenvalue weighted by Crippen LogP contribution is 2.39. The van der Waals surface area contributed by atoms with Crippen molar-refractivity contribution in [3.63, 3.8) is 0 Å². The molecule has 0 bridgehead atoms. The minimum Gasteiger partial charge on any atom is -0.478 e. The van der Waals surface area contributed by atoms with E-state index in [2.05, 4.69) is 0 Å². The van der Waals surface area contributed by atoms with E-state index in [0.29, 0.717) is 0 Å². The first-order valence-corrected chi connectivity index (χ1v) is 9.11. The van der Waals surface area contributed by atoms with Crippen LogP contribution in [0.2, 0.25) is 0 Å². The Morgan fingerprint density at radius 2 is 1.62 bits per heavy atom. The van der Waals surface area contributed by atoms with E-state index in [4.69, 9.17) is 9.47 Å². The molecule has 2 rings (SSSR count). The zero-order valence-electron chi connectivity index (χ0n) is 17.1. The van der Waals surface area contributed by atoms with E-state index >= 15 is 0 Å². The van der Waals surface area contributed by atoms with E-state index in [9.17, 15) is 27.9 Å². The lowest BCUT2D eigenvalue weighted by Gasteiger charge is -2.47. The van der Waals surface area contributed by atoms with Crippen molar-refractivity contribution in [1.82, 2.24) is 4.90 Å². The van der Waals surface area contributed by atoms with Crippen molar-refractivity contribution in [2.45, 2.75) is 58.4 Å². The molecule has 9 heteroatoms. The number of aliphatic carboxylic acids is 1. The van der Waals surface area contributed by atoms with E-state index in [1.807, 2.05) is 0 Å². The van der Waals surface area contributed by atoms with Crippen LogP contribution in [0.5, 0.6) is 5.75 Å². The second kappa shape index (κ2) is 7.42. The second-order valence-electron chi connectivity index (χ2n) is 9.10. The summed E-state index contributed by atoms with van der Waals surface area (Å²) < 4.78 is 49.4. The second-order valence-corrected chi connectivity index (χ2v) is 9.10. The smallest absolute Gasteiger partial charge is 0.416 e. The fourth-order valence-corrected chi connectivity index (χ4v) is 3.41. The van der Waals surface area contributed by atoms with Gasteiger partial charge < -0.3 is 19.5 Å². The maximum Gasteiger partial charge on any atom is 0.416 e. The molecule has 1 saturated heterocycles. The summed E-state index contributed by atoms with van der Waals surface area (Å²) in [6.07, 6.45) is -5.12. The number of hydrogen-bond acceptors (Lipinski definition) is 4. The maximum atomic E-state index is 12.8. The van der Waals surface area contributed by atoms with Crippen LogP contribution in [0, 0.1) is 5.41 Å². The van der Waals surface area contributed by atoms with Crippen LogP contribution in [-0.4, -0.2) is 46.4 Å². The van der Waals surface area contributed by atoms with Crippen LogP contribution < -0.4 is 4.74 Å². The van der Waals surface area contributed by atoms with Crippen LogP contribution in [0.25, 0.3) is 0 Å². The van der Waals surface area contributed by atoms with Gasteiger partial charge in [0.05, 0.1) is 12.1 Å². The van der Waals surface area contributed by atoms with Crippen molar-refractivity contribution in [3.8, 4) is 5.75 Å². The summed E-state index contributed by atoms with van der Waals surface area (Å²) >= 11 is 0. The van der Waals surface area contributed by atoms with Crippen LogP contribution in [-0.2, 0) is 15.7 Å². The molecule has 162 valence electrons. The van der Waals surface area contributed by atoms with Gasteiger partial charge >= 0.3 is 18.2 Å². The molecule has 6 nitrogen and oxygen atoms in total. The number of ether oxygens (including phenoxy) is 2. The Morgan fingerprint density at radius 1 is 1.07 bits per heavy atom. The summed E-state index contributed by atoms with van der Waals surface area (Å²) in [6, 6.07) is 3.80. The number of alkyl halides is 3. The largest absolute Gasteiger partial charge is 0.478 e. The standard InChI is InChI=1S/C20H26F3NO5/c1-17(2,3)29-16(27)24-11-18(4,5)10-19(12-24,15(25)26)28-14-8-6-13(7-9-14)20(21,22)23/h6-9H,10-12H2,1-5H3,(H,25,26). The number of carbonyl (C=O) groups excluding carboxylic acids is 1. The van der Waals surface area contributed by atoms with E-state index in [-0.39, 0.29) is 25.3 Å². The molecule has 1 aromatic rings. The van der Waals surface area contributed by atoms with Gasteiger partial charge in [-0.05, 0) is 50.5 Å². The van der Waals surface area contributed by atoms with E-state index in [1.54, 1.807) is 34.6 Å². The molecule has 1 fully saturated rings. The first kappa shape index (κ1) is 22.8. The van der Waals surface area contributed by atoms with Crippen molar-refractivity contribution >= 4 is 12.1 Å². The van der Waals surface area contributed by atoms with Crippen LogP contribution in [0.4, 0.5) is 18.0 Å². The molecular formula is C20H26F3NO5. The number of carbonyl (C=O) groups is 2. The normalized spacial score (nSPS) is 22.1. The Hall–Kier alpha value is -2.45. The number of carboxylic acid groups (broad SMARTS) is 1. The Morgan fingerprint density at radius 3 is 2.07 bits per heavy atom. The monoisotopic (exact) mass is 417 g/mol. The number of likely N-dealkylation sites (tertiary alicyclic amines) is 1. The van der Waals surface area contributed by atoms with Crippen LogP contribution in [0.3, 0.4) is 0 Å². The van der Waals surface area contributed by atoms with E-state index < -0.39 is 40.4 Å². The van der Waals surface area contributed by atoms with E-state index in [0.717, 1.165) is 24.3 Å². The average Bonchev–Trinajstić information content (AvgIpc) is 2.51. The van der Waals surface area contributed by atoms with Crippen molar-refractivity contribution in [1.29, 1.82) is 0 Å². The highest BCUT2D eigenvalue weighted by atomic mass is 19.4. The highest BCUT2D eigenvalue weighted by Gasteiger charge is 2.52. The van der Waals surface area contributed by atoms with E-state index in [1.165, 1.54) is 4.90 Å². The first-order valence-electron chi connectivity index (χ1n) is 9.11. The van der Waals surface area contributed by atoms with Gasteiger partial charge in [-0.1, -0.05) is 13.8 Å². The lowest BCUT2D eigenvalue weighted by molar-refractivity contribution is -0.165. The van der Waals surface area contributed by atoms with Gasteiger partial charge in [-0.15, -0.1) is 0 Å². The molecule has 0 spiro atoms. The fraction of sp³-hybridized carbons (Fsp3) is 0.600. The number of nitrogens with zero attached hydrogens (tertiary/aromatic N) is 1. The van der Waals surface area contributed by atoms with Gasteiger partial charge in [-0.2, -0.15) is 13.2 Å². The van der Waals surface area contributed by atoms with Crippen molar-refractivity contribution in [2.24, 2.45) is 5.41 Å². The molecule has 0 saturated carbocycles. The summed E-state index contributed by atoms with van der Waals surface area (Å²) in [6.45, 7) is 8.64. The molecule has 1 amide bonds. The quantitative estimate of drug-likeness (QED) is 0.779. The molecule has 1 aliphatic heterocycles. The predicted molar refractivity (Wildman–Crippen MR) is 98.6 cm³/mol. The number of hydrogen-bond donors (Lipinski definition) is 1. The lowest BCUT2D eigenvalue weighted by atomic mass is 9.76. The Kier molecular flexibility index (Phi) is 5.84. The van der Waals surface area contributed by atoms with Gasteiger partial charge in [0.15, 0.2) is 0 Å². The molecule has 1 aliphatic rings. The van der Waals surface area contributed by atoms with Gasteiger partial charge in [-0.25, -0.2) is 9.59 Å². The lowest BCUT2D eigenvalue weighted by Crippen LogP contribution is -2.63. The van der Waals surface area contributed by atoms with Crippen LogP contribution >= 0.6 is 0 Å². The number of piperidine rings is 1. The molecular weight excluding hydrogens is 391 g/mol. The topological polar surface area (TPSA) is 76.1 Å². The number of halogens is 3. The summed E-state index contributed by atoms with van der Waals surface area (Å²) in [5.74, 6) is -1.33. The summed E-state index contributed by atoms with van der Waals surface area (Å²) in [7, 11) is 0. The Balaban J connectivity index is 2.33. The Labute approximate surface area is 167 Å². The van der Waals surface area contributed by atoms with Gasteiger partial charge in [0, 0.05) is 13.0 Å². The third-order valence-electron chi connectivity index (χ3n) is 4.37. The van der Waals surface area contributed by atoms with Gasteiger partial charge in [0.1, 0.15) is 11.4 Å². The number of carboxylic acids is 1. The van der Waals surface area contributed by atoms with Gasteiger partial charge in [-0.3, -0.25) is 0 Å². The Bertz CT molecular complexity index is 768. The molecule has 0 radical (unpaired) electrons. The van der Waals surface area contributed by atoms with Crippen molar-refractivity contribution in [2.75, 3.05) is 13.1 Å². The predicted octanol–water partition coefficient (Wildman–Crippen LogP) is 4.57. The van der Waals surface area contributed by atoms with Gasteiger partial charge in [0.2, 0.25) is 5.60 Å².